The number of amides is 1. The zero-order valence-corrected chi connectivity index (χ0v) is 14.5. The van der Waals surface area contributed by atoms with Crippen molar-refractivity contribution in [1.29, 1.82) is 0 Å². The molecule has 0 saturated carbocycles. The maximum absolute atomic E-state index is 12.8. The Bertz CT molecular complexity index is 973. The van der Waals surface area contributed by atoms with Crippen molar-refractivity contribution < 1.29 is 4.79 Å². The zero-order chi connectivity index (χ0) is 17.5. The number of piperidine rings is 1. The number of benzene rings is 1. The summed E-state index contributed by atoms with van der Waals surface area (Å²) in [6.45, 7) is 2.48. The fourth-order valence-electron chi connectivity index (χ4n) is 4.04. The van der Waals surface area contributed by atoms with Crippen molar-refractivity contribution in [3.63, 3.8) is 0 Å². The summed E-state index contributed by atoms with van der Waals surface area (Å²) in [5.41, 5.74) is 1.99. The van der Waals surface area contributed by atoms with Gasteiger partial charge in [-0.05, 0) is 31.4 Å². The van der Waals surface area contributed by atoms with Crippen LogP contribution in [0.15, 0.2) is 30.5 Å². The molecule has 1 saturated heterocycles. The Morgan fingerprint density at radius 1 is 1.04 bits per heavy atom. The molecule has 2 aliphatic heterocycles. The van der Waals surface area contributed by atoms with E-state index in [1.54, 1.807) is 6.20 Å². The summed E-state index contributed by atoms with van der Waals surface area (Å²) < 4.78 is 2.27. The van der Waals surface area contributed by atoms with Crippen LogP contribution >= 0.6 is 0 Å². The van der Waals surface area contributed by atoms with Gasteiger partial charge in [-0.2, -0.15) is 0 Å². The number of carbonyl (C=O) groups excluding carboxylic acids is 1. The second-order valence-electron chi connectivity index (χ2n) is 7.04. The number of nitrogens with zero attached hydrogens (tertiary/aromatic N) is 6. The van der Waals surface area contributed by atoms with Crippen molar-refractivity contribution in [2.75, 3.05) is 13.1 Å². The van der Waals surface area contributed by atoms with Crippen LogP contribution in [0.2, 0.25) is 0 Å². The molecule has 132 valence electrons. The molecule has 4 heterocycles. The topological polar surface area (TPSA) is 76.8 Å². The highest BCUT2D eigenvalue weighted by molar-refractivity contribution is 5.93. The van der Waals surface area contributed by atoms with E-state index in [1.807, 2.05) is 29.2 Å². The SMILES string of the molecule is O=C(c1cnc2ccccc2n1)N1CCC(c2nnc3n2CCC3)CC1. The third-order valence-electron chi connectivity index (χ3n) is 5.45. The lowest BCUT2D eigenvalue weighted by molar-refractivity contribution is 0.0704. The van der Waals surface area contributed by atoms with Gasteiger partial charge in [0.15, 0.2) is 0 Å². The molecule has 7 nitrogen and oxygen atoms in total. The molecule has 0 N–H and O–H groups in total. The van der Waals surface area contributed by atoms with E-state index in [0.29, 0.717) is 11.6 Å². The lowest BCUT2D eigenvalue weighted by Crippen LogP contribution is -2.38. The molecule has 7 heteroatoms. The maximum Gasteiger partial charge on any atom is 0.274 e. The fraction of sp³-hybridized carbons (Fsp3) is 0.421. The third-order valence-corrected chi connectivity index (χ3v) is 5.45. The fourth-order valence-corrected chi connectivity index (χ4v) is 4.04. The Kier molecular flexibility index (Phi) is 3.65. The lowest BCUT2D eigenvalue weighted by Gasteiger charge is -2.31. The van der Waals surface area contributed by atoms with Gasteiger partial charge in [0.1, 0.15) is 17.3 Å². The minimum atomic E-state index is -0.0341. The van der Waals surface area contributed by atoms with Gasteiger partial charge in [0.05, 0.1) is 17.2 Å². The minimum Gasteiger partial charge on any atom is -0.337 e. The van der Waals surface area contributed by atoms with E-state index in [4.69, 9.17) is 0 Å². The van der Waals surface area contributed by atoms with E-state index >= 15 is 0 Å². The van der Waals surface area contributed by atoms with Crippen LogP contribution in [-0.2, 0) is 13.0 Å². The van der Waals surface area contributed by atoms with E-state index in [9.17, 15) is 4.79 Å². The van der Waals surface area contributed by atoms with Gasteiger partial charge in [0.25, 0.3) is 5.91 Å². The first-order valence-electron chi connectivity index (χ1n) is 9.22. The van der Waals surface area contributed by atoms with Crippen LogP contribution in [0.25, 0.3) is 11.0 Å². The molecular weight excluding hydrogens is 328 g/mol. The highest BCUT2D eigenvalue weighted by atomic mass is 16.2. The van der Waals surface area contributed by atoms with Gasteiger partial charge in [-0.1, -0.05) is 12.1 Å². The van der Waals surface area contributed by atoms with Gasteiger partial charge in [-0.25, -0.2) is 4.98 Å². The van der Waals surface area contributed by atoms with Crippen LogP contribution in [-0.4, -0.2) is 48.6 Å². The summed E-state index contributed by atoms with van der Waals surface area (Å²) in [6, 6.07) is 7.62. The Balaban J connectivity index is 1.30. The van der Waals surface area contributed by atoms with Crippen LogP contribution in [0.3, 0.4) is 0 Å². The van der Waals surface area contributed by atoms with Gasteiger partial charge < -0.3 is 9.47 Å². The highest BCUT2D eigenvalue weighted by Crippen LogP contribution is 2.29. The predicted octanol–water partition coefficient (Wildman–Crippen LogP) is 2.19. The van der Waals surface area contributed by atoms with E-state index in [1.165, 1.54) is 0 Å². The van der Waals surface area contributed by atoms with Crippen molar-refractivity contribution >= 4 is 16.9 Å². The number of hydrogen-bond acceptors (Lipinski definition) is 5. The summed E-state index contributed by atoms with van der Waals surface area (Å²) in [4.78, 5) is 23.5. The molecule has 0 aliphatic carbocycles. The molecule has 0 atom stereocenters. The number of aromatic nitrogens is 5. The van der Waals surface area contributed by atoms with Crippen LogP contribution in [0.5, 0.6) is 0 Å². The first-order chi connectivity index (χ1) is 12.8. The predicted molar refractivity (Wildman–Crippen MR) is 95.8 cm³/mol. The van der Waals surface area contributed by atoms with E-state index < -0.39 is 0 Å². The molecule has 1 aromatic carbocycles. The van der Waals surface area contributed by atoms with Crippen molar-refractivity contribution in [3.05, 3.63) is 47.8 Å². The monoisotopic (exact) mass is 348 g/mol. The first kappa shape index (κ1) is 15.4. The van der Waals surface area contributed by atoms with Gasteiger partial charge in [-0.3, -0.25) is 9.78 Å². The maximum atomic E-state index is 12.8. The van der Waals surface area contributed by atoms with Crippen LogP contribution in [0.4, 0.5) is 0 Å². The van der Waals surface area contributed by atoms with E-state index in [2.05, 4.69) is 24.7 Å². The molecule has 5 rings (SSSR count). The molecule has 3 aromatic rings. The molecule has 2 aliphatic rings. The molecule has 1 amide bonds. The van der Waals surface area contributed by atoms with Crippen molar-refractivity contribution in [1.82, 2.24) is 29.6 Å². The molecule has 0 radical (unpaired) electrons. The molecular formula is C19H20N6O. The Labute approximate surface area is 151 Å². The summed E-state index contributed by atoms with van der Waals surface area (Å²) in [5, 5.41) is 8.73. The second kappa shape index (κ2) is 6.16. The number of rotatable bonds is 2. The van der Waals surface area contributed by atoms with E-state index in [0.717, 1.165) is 68.0 Å². The number of hydrogen-bond donors (Lipinski definition) is 0. The number of fused-ring (bicyclic) bond motifs is 2. The second-order valence-corrected chi connectivity index (χ2v) is 7.04. The zero-order valence-electron chi connectivity index (χ0n) is 14.5. The number of aryl methyl sites for hydroxylation is 1. The molecule has 26 heavy (non-hydrogen) atoms. The Morgan fingerprint density at radius 2 is 1.85 bits per heavy atom. The molecule has 1 fully saturated rings. The lowest BCUT2D eigenvalue weighted by atomic mass is 9.95. The molecule has 2 aromatic heterocycles. The van der Waals surface area contributed by atoms with Gasteiger partial charge in [0.2, 0.25) is 0 Å². The summed E-state index contributed by atoms with van der Waals surface area (Å²) in [5.74, 6) is 2.58. The largest absolute Gasteiger partial charge is 0.337 e. The number of carbonyl (C=O) groups is 1. The molecule has 0 unspecified atom stereocenters. The van der Waals surface area contributed by atoms with E-state index in [-0.39, 0.29) is 5.91 Å². The highest BCUT2D eigenvalue weighted by Gasteiger charge is 2.30. The standard InChI is InChI=1S/C19H20N6O/c26-19(16-12-20-14-4-1-2-5-15(14)21-16)24-10-7-13(8-11-24)18-23-22-17-6-3-9-25(17)18/h1-2,4-5,12-13H,3,6-11H2. The van der Waals surface area contributed by atoms with Crippen molar-refractivity contribution in [2.24, 2.45) is 0 Å². The van der Waals surface area contributed by atoms with Crippen LogP contribution in [0.1, 0.15) is 47.3 Å². The average Bonchev–Trinajstić information content (AvgIpc) is 3.31. The molecule has 0 spiro atoms. The Hall–Kier alpha value is -2.83. The quantitative estimate of drug-likeness (QED) is 0.709. The number of likely N-dealkylation sites (tertiary alicyclic amines) is 1. The average molecular weight is 348 g/mol. The smallest absolute Gasteiger partial charge is 0.274 e. The summed E-state index contributed by atoms with van der Waals surface area (Å²) in [7, 11) is 0. The van der Waals surface area contributed by atoms with Crippen LogP contribution in [0, 0.1) is 0 Å². The normalized spacial score (nSPS) is 17.6. The van der Waals surface area contributed by atoms with Gasteiger partial charge in [-0.15, -0.1) is 10.2 Å². The summed E-state index contributed by atoms with van der Waals surface area (Å²) in [6.07, 6.45) is 5.62. The first-order valence-corrected chi connectivity index (χ1v) is 9.22. The minimum absolute atomic E-state index is 0.0341. The van der Waals surface area contributed by atoms with Crippen LogP contribution < -0.4 is 0 Å². The van der Waals surface area contributed by atoms with Crippen molar-refractivity contribution in [2.45, 2.75) is 38.1 Å². The third kappa shape index (κ3) is 2.55. The summed E-state index contributed by atoms with van der Waals surface area (Å²) >= 11 is 0. The van der Waals surface area contributed by atoms with Crippen molar-refractivity contribution in [3.8, 4) is 0 Å². The van der Waals surface area contributed by atoms with Gasteiger partial charge in [0, 0.05) is 32.0 Å². The number of para-hydroxylation sites is 2. The van der Waals surface area contributed by atoms with Gasteiger partial charge >= 0.3 is 0 Å². The Morgan fingerprint density at radius 3 is 2.69 bits per heavy atom. The molecule has 0 bridgehead atoms.